The van der Waals surface area contributed by atoms with Crippen molar-refractivity contribution in [3.8, 4) is 23.0 Å². The lowest BCUT2D eigenvalue weighted by Gasteiger charge is -2.24. The molecule has 0 radical (unpaired) electrons. The number of aromatic nitrogens is 2. The Morgan fingerprint density at radius 2 is 1.71 bits per heavy atom. The summed E-state index contributed by atoms with van der Waals surface area (Å²) in [7, 11) is -7.38. The van der Waals surface area contributed by atoms with Crippen LogP contribution in [0.4, 0.5) is 5.69 Å². The predicted molar refractivity (Wildman–Crippen MR) is 150 cm³/mol. The molecule has 1 aliphatic carbocycles. The SMILES string of the molecule is CS(=O)(=O)C1(c2nnc(-c3ccc4c(c3)N(Cc3ccc(Oc5ccccc5)cc3)C(=O)[C@@H](N)CS4(=O)=O)o2)CC1. The van der Waals surface area contributed by atoms with Crippen LogP contribution in [0.3, 0.4) is 0 Å². The third-order valence-electron chi connectivity index (χ3n) is 7.29. The predicted octanol–water partition coefficient (Wildman–Crippen LogP) is 3.21. The van der Waals surface area contributed by atoms with Gasteiger partial charge in [0.1, 0.15) is 16.2 Å². The molecular formula is C28H26N4O7S2. The molecular weight excluding hydrogens is 568 g/mol. The maximum absolute atomic E-state index is 13.4. The summed E-state index contributed by atoms with van der Waals surface area (Å²) in [5, 5.41) is 8.01. The zero-order valence-corrected chi connectivity index (χ0v) is 23.6. The van der Waals surface area contributed by atoms with Crippen LogP contribution in [0.5, 0.6) is 11.5 Å². The number of nitrogens with zero attached hydrogens (tertiary/aromatic N) is 3. The van der Waals surface area contributed by atoms with Crippen molar-refractivity contribution < 1.29 is 30.8 Å². The third kappa shape index (κ3) is 5.00. The molecule has 0 unspecified atom stereocenters. The Hall–Kier alpha value is -4.07. The van der Waals surface area contributed by atoms with Crippen molar-refractivity contribution in [1.29, 1.82) is 0 Å². The van der Waals surface area contributed by atoms with Crippen LogP contribution in [-0.2, 0) is 35.8 Å². The maximum Gasteiger partial charge on any atom is 0.247 e. The normalized spacial score (nSPS) is 19.3. The number of hydrogen-bond acceptors (Lipinski definition) is 10. The number of hydrogen-bond donors (Lipinski definition) is 1. The lowest BCUT2D eigenvalue weighted by Crippen LogP contribution is -2.45. The molecule has 1 fully saturated rings. The van der Waals surface area contributed by atoms with E-state index in [4.69, 9.17) is 14.9 Å². The molecule has 0 saturated heterocycles. The summed E-state index contributed by atoms with van der Waals surface area (Å²) in [6.45, 7) is 0.0381. The van der Waals surface area contributed by atoms with E-state index in [9.17, 15) is 21.6 Å². The minimum atomic E-state index is -3.91. The number of carbonyl (C=O) groups is 1. The first kappa shape index (κ1) is 27.1. The summed E-state index contributed by atoms with van der Waals surface area (Å²) < 4.78 is 61.4. The van der Waals surface area contributed by atoms with Crippen molar-refractivity contribution in [2.24, 2.45) is 5.73 Å². The minimum absolute atomic E-state index is 0.00895. The second-order valence-electron chi connectivity index (χ2n) is 10.2. The molecule has 2 aliphatic rings. The van der Waals surface area contributed by atoms with E-state index in [0.717, 1.165) is 6.26 Å². The zero-order chi connectivity index (χ0) is 29.0. The lowest BCUT2D eigenvalue weighted by molar-refractivity contribution is -0.119. The van der Waals surface area contributed by atoms with Crippen LogP contribution in [0, 0.1) is 0 Å². The van der Waals surface area contributed by atoms with Gasteiger partial charge in [0.05, 0.1) is 28.9 Å². The van der Waals surface area contributed by atoms with E-state index in [1.54, 1.807) is 24.3 Å². The number of fused-ring (bicyclic) bond motifs is 1. The molecule has 1 aliphatic heterocycles. The van der Waals surface area contributed by atoms with Crippen LogP contribution < -0.4 is 15.4 Å². The first-order valence-corrected chi connectivity index (χ1v) is 16.3. The average Bonchev–Trinajstić information content (AvgIpc) is 3.63. The summed E-state index contributed by atoms with van der Waals surface area (Å²) in [5.41, 5.74) is 7.22. The molecule has 3 aromatic carbocycles. The number of sulfone groups is 2. The second-order valence-corrected chi connectivity index (χ2v) is 14.6. The number of carbonyl (C=O) groups excluding carboxylic acids is 1. The van der Waals surface area contributed by atoms with Gasteiger partial charge in [-0.25, -0.2) is 16.8 Å². The van der Waals surface area contributed by atoms with Gasteiger partial charge in [-0.1, -0.05) is 30.3 Å². The van der Waals surface area contributed by atoms with Gasteiger partial charge in [0, 0.05) is 11.8 Å². The number of nitrogens with two attached hydrogens (primary N) is 1. The Morgan fingerprint density at radius 1 is 1.02 bits per heavy atom. The highest BCUT2D eigenvalue weighted by Gasteiger charge is 2.58. The third-order valence-corrected chi connectivity index (χ3v) is 11.1. The van der Waals surface area contributed by atoms with Gasteiger partial charge in [0.25, 0.3) is 0 Å². The Bertz CT molecular complexity index is 1850. The summed E-state index contributed by atoms with van der Waals surface area (Å²) in [6, 6.07) is 19.4. The van der Waals surface area contributed by atoms with Crippen molar-refractivity contribution in [3.05, 3.63) is 84.3 Å². The highest BCUT2D eigenvalue weighted by atomic mass is 32.2. The minimum Gasteiger partial charge on any atom is -0.457 e. The number of benzene rings is 3. The first-order valence-electron chi connectivity index (χ1n) is 12.8. The van der Waals surface area contributed by atoms with Crippen LogP contribution >= 0.6 is 0 Å². The van der Waals surface area contributed by atoms with E-state index in [-0.39, 0.29) is 28.9 Å². The highest BCUT2D eigenvalue weighted by Crippen LogP contribution is 2.52. The molecule has 2 heterocycles. The number of anilines is 1. The maximum atomic E-state index is 13.4. The van der Waals surface area contributed by atoms with Crippen molar-refractivity contribution in [3.63, 3.8) is 0 Å². The summed E-state index contributed by atoms with van der Waals surface area (Å²) in [4.78, 5) is 14.7. The van der Waals surface area contributed by atoms with Crippen LogP contribution in [0.15, 0.2) is 82.1 Å². The Morgan fingerprint density at radius 3 is 2.37 bits per heavy atom. The van der Waals surface area contributed by atoms with Crippen LogP contribution in [0.1, 0.15) is 24.3 Å². The molecule has 11 nitrogen and oxygen atoms in total. The van der Waals surface area contributed by atoms with E-state index in [2.05, 4.69) is 10.2 Å². The fraction of sp³-hybridized carbons (Fsp3) is 0.250. The molecule has 41 heavy (non-hydrogen) atoms. The highest BCUT2D eigenvalue weighted by molar-refractivity contribution is 7.92. The van der Waals surface area contributed by atoms with Crippen molar-refractivity contribution in [2.75, 3.05) is 16.9 Å². The molecule has 0 spiro atoms. The van der Waals surface area contributed by atoms with Crippen molar-refractivity contribution in [2.45, 2.75) is 35.1 Å². The monoisotopic (exact) mass is 594 g/mol. The molecule has 212 valence electrons. The smallest absolute Gasteiger partial charge is 0.247 e. The fourth-order valence-corrected chi connectivity index (χ4v) is 7.66. The molecule has 13 heteroatoms. The van der Waals surface area contributed by atoms with Crippen LogP contribution in [-0.4, -0.2) is 51.0 Å². The number of ether oxygens (including phenoxy) is 1. The average molecular weight is 595 g/mol. The van der Waals surface area contributed by atoms with Gasteiger partial charge >= 0.3 is 0 Å². The first-order chi connectivity index (χ1) is 19.5. The molecule has 2 N–H and O–H groups in total. The topological polar surface area (TPSA) is 163 Å². The van der Waals surface area contributed by atoms with E-state index >= 15 is 0 Å². The summed E-state index contributed by atoms with van der Waals surface area (Å²) in [6.07, 6.45) is 1.89. The van der Waals surface area contributed by atoms with Gasteiger partial charge < -0.3 is 19.8 Å². The summed E-state index contributed by atoms with van der Waals surface area (Å²) in [5.74, 6) is 0.172. The van der Waals surface area contributed by atoms with Gasteiger partial charge in [0.2, 0.25) is 17.7 Å². The van der Waals surface area contributed by atoms with Gasteiger partial charge in [-0.2, -0.15) is 0 Å². The number of rotatable bonds is 7. The Kier molecular flexibility index (Phi) is 6.47. The largest absolute Gasteiger partial charge is 0.457 e. The zero-order valence-electron chi connectivity index (χ0n) is 21.9. The van der Waals surface area contributed by atoms with Gasteiger partial charge in [0.15, 0.2) is 19.7 Å². The van der Waals surface area contributed by atoms with E-state index in [1.807, 2.05) is 30.3 Å². The van der Waals surface area contributed by atoms with Crippen molar-refractivity contribution in [1.82, 2.24) is 10.2 Å². The van der Waals surface area contributed by atoms with E-state index in [0.29, 0.717) is 35.5 Å². The molecule has 6 rings (SSSR count). The van der Waals surface area contributed by atoms with Crippen LogP contribution in [0.2, 0.25) is 0 Å². The Balaban J connectivity index is 1.35. The van der Waals surface area contributed by atoms with Crippen molar-refractivity contribution >= 4 is 31.3 Å². The quantitative estimate of drug-likeness (QED) is 0.336. The molecule has 1 saturated carbocycles. The lowest BCUT2D eigenvalue weighted by atomic mass is 10.1. The number of para-hydroxylation sites is 1. The molecule has 1 aromatic heterocycles. The van der Waals surface area contributed by atoms with Gasteiger partial charge in [-0.05, 0) is 60.9 Å². The molecule has 4 aromatic rings. The summed E-state index contributed by atoms with van der Waals surface area (Å²) >= 11 is 0. The van der Waals surface area contributed by atoms with Crippen LogP contribution in [0.25, 0.3) is 11.5 Å². The van der Waals surface area contributed by atoms with E-state index < -0.39 is 42.1 Å². The fourth-order valence-electron chi connectivity index (χ4n) is 4.85. The van der Waals surface area contributed by atoms with Gasteiger partial charge in [-0.3, -0.25) is 4.79 Å². The number of amides is 1. The van der Waals surface area contributed by atoms with E-state index in [1.165, 1.54) is 23.1 Å². The standard InChI is InChI=1S/C28H26N4O7S2/c1-40(34,35)28(13-14-28)27-31-30-25(39-27)19-9-12-24-23(15-19)32(26(33)22(29)17-41(24,36)37)16-18-7-10-21(11-8-18)38-20-5-3-2-4-6-20/h2-12,15,22H,13-14,16-17,29H2,1H3/t22-/m0/s1. The molecule has 0 bridgehead atoms. The molecule has 1 amide bonds. The second kappa shape index (κ2) is 9.79. The van der Waals surface area contributed by atoms with Gasteiger partial charge in [-0.15, -0.1) is 10.2 Å². The molecule has 1 atom stereocenters. The Labute approximate surface area is 236 Å².